The van der Waals surface area contributed by atoms with Crippen LogP contribution < -0.4 is 0 Å². The lowest BCUT2D eigenvalue weighted by molar-refractivity contribution is 0.627. The minimum absolute atomic E-state index is 0.238. The summed E-state index contributed by atoms with van der Waals surface area (Å²) in [5.41, 5.74) is 2.56. The molecule has 4 rings (SSSR count). The first-order valence-corrected chi connectivity index (χ1v) is 8.08. The monoisotopic (exact) mass is 299 g/mol. The van der Waals surface area contributed by atoms with Crippen LogP contribution in [-0.4, -0.2) is 20.3 Å². The topological polar surface area (TPSA) is 30.7 Å². The maximum absolute atomic E-state index is 13.6. The highest BCUT2D eigenvalue weighted by atomic mass is 32.2. The molecule has 0 radical (unpaired) electrons. The molecule has 1 aliphatic heterocycles. The molecule has 1 saturated heterocycles. The number of nitrogens with zero attached hydrogens (tertiary/aromatic N) is 3. The van der Waals surface area contributed by atoms with E-state index in [1.807, 2.05) is 30.0 Å². The third-order valence-corrected chi connectivity index (χ3v) is 5.08. The number of hydrogen-bond acceptors (Lipinski definition) is 3. The summed E-state index contributed by atoms with van der Waals surface area (Å²) in [5.74, 6) is 1.72. The highest BCUT2D eigenvalue weighted by molar-refractivity contribution is 7.99. The van der Waals surface area contributed by atoms with Gasteiger partial charge < -0.3 is 0 Å². The van der Waals surface area contributed by atoms with E-state index in [0.29, 0.717) is 5.37 Å². The van der Waals surface area contributed by atoms with Crippen molar-refractivity contribution in [3.8, 4) is 11.4 Å². The van der Waals surface area contributed by atoms with Crippen molar-refractivity contribution in [1.29, 1.82) is 0 Å². The van der Waals surface area contributed by atoms with Crippen LogP contribution >= 0.6 is 11.8 Å². The van der Waals surface area contributed by atoms with Crippen LogP contribution in [0.4, 0.5) is 4.39 Å². The molecule has 1 fully saturated rings. The summed E-state index contributed by atoms with van der Waals surface area (Å²) in [6.45, 7) is 0. The SMILES string of the molecule is Fc1cccc(-c2nc3cccnc3n2C2CCCS2)c1. The van der Waals surface area contributed by atoms with Crippen molar-refractivity contribution in [2.75, 3.05) is 5.75 Å². The highest BCUT2D eigenvalue weighted by Gasteiger charge is 2.24. The second-order valence-corrected chi connectivity index (χ2v) is 6.42. The Morgan fingerprint density at radius 3 is 3.00 bits per heavy atom. The van der Waals surface area contributed by atoms with Gasteiger partial charge in [0.2, 0.25) is 0 Å². The standard InChI is InChI=1S/C16H14FN3S/c17-12-5-1-4-11(10-12)15-19-13-6-2-8-18-16(13)20(15)14-7-3-9-21-14/h1-2,4-6,8,10,14H,3,7,9H2. The van der Waals surface area contributed by atoms with Crippen molar-refractivity contribution in [2.45, 2.75) is 18.2 Å². The predicted molar refractivity (Wildman–Crippen MR) is 83.7 cm³/mol. The number of aromatic nitrogens is 3. The molecule has 1 unspecified atom stereocenters. The van der Waals surface area contributed by atoms with E-state index in [1.54, 1.807) is 12.3 Å². The molecule has 0 spiro atoms. The first kappa shape index (κ1) is 12.8. The number of rotatable bonds is 2. The Bertz CT molecular complexity index is 793. The van der Waals surface area contributed by atoms with E-state index in [9.17, 15) is 4.39 Å². The third-order valence-electron chi connectivity index (χ3n) is 3.73. The van der Waals surface area contributed by atoms with E-state index in [2.05, 4.69) is 14.5 Å². The minimum atomic E-state index is -0.238. The molecule has 0 saturated carbocycles. The average molecular weight is 299 g/mol. The van der Waals surface area contributed by atoms with Gasteiger partial charge in [0.05, 0.1) is 5.37 Å². The van der Waals surface area contributed by atoms with Gasteiger partial charge in [0, 0.05) is 11.8 Å². The Morgan fingerprint density at radius 2 is 2.19 bits per heavy atom. The van der Waals surface area contributed by atoms with Gasteiger partial charge in [0.15, 0.2) is 5.65 Å². The van der Waals surface area contributed by atoms with Crippen LogP contribution in [-0.2, 0) is 0 Å². The molecule has 5 heteroatoms. The van der Waals surface area contributed by atoms with Crippen LogP contribution in [0.1, 0.15) is 18.2 Å². The van der Waals surface area contributed by atoms with Crippen LogP contribution in [0.2, 0.25) is 0 Å². The Hall–Kier alpha value is -1.88. The fourth-order valence-electron chi connectivity index (χ4n) is 2.80. The summed E-state index contributed by atoms with van der Waals surface area (Å²) in [5, 5.41) is 0.336. The minimum Gasteiger partial charge on any atom is -0.296 e. The van der Waals surface area contributed by atoms with Gasteiger partial charge in [-0.15, -0.1) is 11.8 Å². The fourth-order valence-corrected chi connectivity index (χ4v) is 4.09. The first-order chi connectivity index (χ1) is 10.3. The van der Waals surface area contributed by atoms with Crippen molar-refractivity contribution < 1.29 is 4.39 Å². The van der Waals surface area contributed by atoms with Crippen LogP contribution in [0, 0.1) is 5.82 Å². The van der Waals surface area contributed by atoms with E-state index in [0.717, 1.165) is 34.7 Å². The zero-order valence-electron chi connectivity index (χ0n) is 11.4. The van der Waals surface area contributed by atoms with Crippen LogP contribution in [0.3, 0.4) is 0 Å². The number of fused-ring (bicyclic) bond motifs is 1. The Kier molecular flexibility index (Phi) is 3.15. The molecule has 3 aromatic rings. The van der Waals surface area contributed by atoms with Gasteiger partial charge in [-0.1, -0.05) is 12.1 Å². The second kappa shape index (κ2) is 5.15. The van der Waals surface area contributed by atoms with Gasteiger partial charge >= 0.3 is 0 Å². The molecule has 2 aromatic heterocycles. The lowest BCUT2D eigenvalue weighted by atomic mass is 10.2. The van der Waals surface area contributed by atoms with Gasteiger partial charge in [-0.25, -0.2) is 14.4 Å². The Labute approximate surface area is 126 Å². The van der Waals surface area contributed by atoms with Crippen LogP contribution in [0.15, 0.2) is 42.6 Å². The quantitative estimate of drug-likeness (QED) is 0.708. The van der Waals surface area contributed by atoms with Crippen LogP contribution in [0.25, 0.3) is 22.6 Å². The van der Waals surface area contributed by atoms with Gasteiger partial charge in [-0.3, -0.25) is 4.57 Å². The molecule has 21 heavy (non-hydrogen) atoms. The number of hydrogen-bond donors (Lipinski definition) is 0. The highest BCUT2D eigenvalue weighted by Crippen LogP contribution is 2.40. The van der Waals surface area contributed by atoms with E-state index in [4.69, 9.17) is 0 Å². The first-order valence-electron chi connectivity index (χ1n) is 7.03. The zero-order chi connectivity index (χ0) is 14.2. The molecular formula is C16H14FN3S. The van der Waals surface area contributed by atoms with Crippen molar-refractivity contribution in [1.82, 2.24) is 14.5 Å². The van der Waals surface area contributed by atoms with E-state index in [-0.39, 0.29) is 5.82 Å². The molecule has 1 aliphatic rings. The summed E-state index contributed by atoms with van der Waals surface area (Å²) in [6, 6.07) is 10.5. The number of imidazole rings is 1. The van der Waals surface area contributed by atoms with E-state index in [1.165, 1.54) is 18.6 Å². The van der Waals surface area contributed by atoms with Gasteiger partial charge in [0.25, 0.3) is 0 Å². The zero-order valence-corrected chi connectivity index (χ0v) is 12.2. The van der Waals surface area contributed by atoms with E-state index < -0.39 is 0 Å². The summed E-state index contributed by atoms with van der Waals surface area (Å²) in [6.07, 6.45) is 4.09. The maximum Gasteiger partial charge on any atom is 0.161 e. The summed E-state index contributed by atoms with van der Waals surface area (Å²) in [4.78, 5) is 9.18. The van der Waals surface area contributed by atoms with Gasteiger partial charge in [-0.2, -0.15) is 0 Å². The number of pyridine rings is 1. The molecule has 3 nitrogen and oxygen atoms in total. The third kappa shape index (κ3) is 2.21. The van der Waals surface area contributed by atoms with Crippen molar-refractivity contribution >= 4 is 22.9 Å². The van der Waals surface area contributed by atoms with Crippen molar-refractivity contribution in [3.05, 3.63) is 48.4 Å². The smallest absolute Gasteiger partial charge is 0.161 e. The molecule has 0 aliphatic carbocycles. The number of thioether (sulfide) groups is 1. The van der Waals surface area contributed by atoms with Crippen molar-refractivity contribution in [3.63, 3.8) is 0 Å². The van der Waals surface area contributed by atoms with E-state index >= 15 is 0 Å². The fraction of sp³-hybridized carbons (Fsp3) is 0.250. The lowest BCUT2D eigenvalue weighted by Gasteiger charge is -2.15. The summed E-state index contributed by atoms with van der Waals surface area (Å²) < 4.78 is 15.7. The molecule has 0 N–H and O–H groups in total. The molecular weight excluding hydrogens is 285 g/mol. The largest absolute Gasteiger partial charge is 0.296 e. The van der Waals surface area contributed by atoms with Crippen molar-refractivity contribution in [2.24, 2.45) is 0 Å². The van der Waals surface area contributed by atoms with Crippen LogP contribution in [0.5, 0.6) is 0 Å². The maximum atomic E-state index is 13.6. The van der Waals surface area contributed by atoms with Gasteiger partial charge in [0.1, 0.15) is 17.2 Å². The molecule has 1 atom stereocenters. The number of halogens is 1. The summed E-state index contributed by atoms with van der Waals surface area (Å²) >= 11 is 1.92. The normalized spacial score (nSPS) is 18.4. The number of benzene rings is 1. The molecule has 0 amide bonds. The summed E-state index contributed by atoms with van der Waals surface area (Å²) in [7, 11) is 0. The predicted octanol–water partition coefficient (Wildman–Crippen LogP) is 4.26. The molecule has 0 bridgehead atoms. The Balaban J connectivity index is 1.97. The molecule has 1 aromatic carbocycles. The Morgan fingerprint density at radius 1 is 1.24 bits per heavy atom. The molecule has 106 valence electrons. The average Bonchev–Trinajstić information content (AvgIpc) is 3.14. The lowest BCUT2D eigenvalue weighted by Crippen LogP contribution is -2.05. The molecule has 3 heterocycles. The second-order valence-electron chi connectivity index (χ2n) is 5.13. The van der Waals surface area contributed by atoms with Gasteiger partial charge in [-0.05, 0) is 42.9 Å².